The first kappa shape index (κ1) is 23.5. The molecule has 31 heavy (non-hydrogen) atoms. The van der Waals surface area contributed by atoms with Gasteiger partial charge in [0, 0.05) is 29.4 Å². The molecule has 2 unspecified atom stereocenters. The molecule has 1 saturated heterocycles. The summed E-state index contributed by atoms with van der Waals surface area (Å²) in [6.45, 7) is -0.318. The fourth-order valence-electron chi connectivity index (χ4n) is 3.42. The third-order valence-electron chi connectivity index (χ3n) is 4.88. The third-order valence-corrected chi connectivity index (χ3v) is 7.17. The third kappa shape index (κ3) is 5.55. The molecule has 11 heteroatoms. The van der Waals surface area contributed by atoms with E-state index in [1.807, 2.05) is 0 Å². The van der Waals surface area contributed by atoms with Crippen LogP contribution in [-0.4, -0.2) is 59.5 Å². The monoisotopic (exact) mass is 486 g/mol. The van der Waals surface area contributed by atoms with Gasteiger partial charge in [-0.1, -0.05) is 53.5 Å². The molecule has 8 nitrogen and oxygen atoms in total. The van der Waals surface area contributed by atoms with Gasteiger partial charge in [-0.3, -0.25) is 4.79 Å². The smallest absolute Gasteiger partial charge is 0.326 e. The molecule has 3 atom stereocenters. The highest BCUT2D eigenvalue weighted by atomic mass is 35.5. The van der Waals surface area contributed by atoms with Crippen LogP contribution in [0.3, 0.4) is 0 Å². The number of aliphatic hydroxyl groups is 1. The summed E-state index contributed by atoms with van der Waals surface area (Å²) in [4.78, 5) is 24.3. The maximum Gasteiger partial charge on any atom is 0.326 e. The Balaban J connectivity index is 1.84. The first-order valence-electron chi connectivity index (χ1n) is 9.31. The zero-order valence-electron chi connectivity index (χ0n) is 16.1. The fraction of sp³-hybridized carbons (Fsp3) is 0.300. The summed E-state index contributed by atoms with van der Waals surface area (Å²) in [6, 6.07) is 9.92. The molecule has 1 amide bonds. The van der Waals surface area contributed by atoms with Gasteiger partial charge in [-0.25, -0.2) is 13.2 Å². The molecular formula is C20H20Cl2N2O6S. The van der Waals surface area contributed by atoms with Crippen molar-refractivity contribution in [2.24, 2.45) is 0 Å². The number of carboxylic acid groups (broad SMARTS) is 1. The fourth-order valence-corrected chi connectivity index (χ4v) is 5.78. The van der Waals surface area contributed by atoms with Gasteiger partial charge in [0.25, 0.3) is 0 Å². The van der Waals surface area contributed by atoms with Crippen LogP contribution in [-0.2, 0) is 26.0 Å². The highest BCUT2D eigenvalue weighted by Crippen LogP contribution is 2.30. The Morgan fingerprint density at radius 3 is 2.32 bits per heavy atom. The summed E-state index contributed by atoms with van der Waals surface area (Å²) in [5.74, 6) is -2.07. The molecule has 0 saturated carbocycles. The Bertz CT molecular complexity index is 1060. The van der Waals surface area contributed by atoms with Gasteiger partial charge in [-0.2, -0.15) is 4.31 Å². The topological polar surface area (TPSA) is 124 Å². The summed E-state index contributed by atoms with van der Waals surface area (Å²) < 4.78 is 27.1. The molecule has 1 heterocycles. The minimum Gasteiger partial charge on any atom is -0.480 e. The maximum absolute atomic E-state index is 13.1. The van der Waals surface area contributed by atoms with Gasteiger partial charge in [0.1, 0.15) is 12.1 Å². The Morgan fingerprint density at radius 2 is 1.74 bits per heavy atom. The number of aliphatic hydroxyl groups excluding tert-OH is 1. The molecule has 1 aliphatic heterocycles. The highest BCUT2D eigenvalue weighted by Gasteiger charge is 2.44. The molecule has 0 bridgehead atoms. The standard InChI is InChI=1S/C20H20Cl2N2O6S/c21-13-7-14(22)9-16(8-13)31(29,30)24-11-15(25)10-18(24)19(26)23-17(20(27)28)6-12-4-2-1-3-5-12/h1-5,7-9,15,17-18,25H,6,10-11H2,(H,23,26)(H,27,28)/t15-,17?,18?/m1/s1. The van der Waals surface area contributed by atoms with E-state index in [2.05, 4.69) is 5.32 Å². The van der Waals surface area contributed by atoms with Crippen molar-refractivity contribution in [1.82, 2.24) is 9.62 Å². The van der Waals surface area contributed by atoms with E-state index in [1.54, 1.807) is 30.3 Å². The second-order valence-electron chi connectivity index (χ2n) is 7.17. The number of rotatable bonds is 7. The van der Waals surface area contributed by atoms with E-state index >= 15 is 0 Å². The first-order chi connectivity index (χ1) is 14.6. The van der Waals surface area contributed by atoms with Crippen LogP contribution in [0.5, 0.6) is 0 Å². The molecule has 0 aromatic heterocycles. The molecule has 0 aliphatic carbocycles. The van der Waals surface area contributed by atoms with E-state index in [1.165, 1.54) is 18.2 Å². The van der Waals surface area contributed by atoms with Crippen LogP contribution in [0, 0.1) is 0 Å². The van der Waals surface area contributed by atoms with Crippen LogP contribution in [0.15, 0.2) is 53.4 Å². The number of sulfonamides is 1. The van der Waals surface area contributed by atoms with Crippen LogP contribution >= 0.6 is 23.2 Å². The van der Waals surface area contributed by atoms with Crippen LogP contribution < -0.4 is 5.32 Å². The van der Waals surface area contributed by atoms with E-state index in [0.717, 1.165) is 4.31 Å². The Hall–Kier alpha value is -2.17. The minimum atomic E-state index is -4.23. The second-order valence-corrected chi connectivity index (χ2v) is 9.94. The predicted octanol–water partition coefficient (Wildman–Crippen LogP) is 1.93. The number of halogens is 2. The van der Waals surface area contributed by atoms with Crippen LogP contribution in [0.2, 0.25) is 10.0 Å². The second kappa shape index (κ2) is 9.54. The van der Waals surface area contributed by atoms with Gasteiger partial charge < -0.3 is 15.5 Å². The van der Waals surface area contributed by atoms with Crippen molar-refractivity contribution in [3.8, 4) is 0 Å². The summed E-state index contributed by atoms with van der Waals surface area (Å²) in [5, 5.41) is 22.2. The van der Waals surface area contributed by atoms with E-state index in [9.17, 15) is 28.2 Å². The average molecular weight is 487 g/mol. The molecular weight excluding hydrogens is 467 g/mol. The van der Waals surface area contributed by atoms with Gasteiger partial charge >= 0.3 is 5.97 Å². The number of carbonyl (C=O) groups is 2. The number of nitrogens with one attached hydrogen (secondary N) is 1. The average Bonchev–Trinajstić information content (AvgIpc) is 3.10. The number of hydrogen-bond donors (Lipinski definition) is 3. The van der Waals surface area contributed by atoms with Crippen LogP contribution in [0.4, 0.5) is 0 Å². The Morgan fingerprint density at radius 1 is 1.13 bits per heavy atom. The van der Waals surface area contributed by atoms with Gasteiger partial charge in [0.05, 0.1) is 11.0 Å². The van der Waals surface area contributed by atoms with Crippen molar-refractivity contribution >= 4 is 45.1 Å². The molecule has 2 aromatic rings. The SMILES string of the molecule is O=C(O)C(Cc1ccccc1)NC(=O)C1C[C@@H](O)CN1S(=O)(=O)c1cc(Cl)cc(Cl)c1. The zero-order chi connectivity index (χ0) is 22.8. The van der Waals surface area contributed by atoms with Gasteiger partial charge in [-0.15, -0.1) is 0 Å². The molecule has 1 aliphatic rings. The lowest BCUT2D eigenvalue weighted by Gasteiger charge is -2.25. The molecule has 0 radical (unpaired) electrons. The number of aliphatic carboxylic acids is 1. The van der Waals surface area contributed by atoms with Crippen molar-refractivity contribution in [2.75, 3.05) is 6.54 Å². The van der Waals surface area contributed by atoms with E-state index in [-0.39, 0.29) is 34.3 Å². The first-order valence-corrected chi connectivity index (χ1v) is 11.5. The van der Waals surface area contributed by atoms with Gasteiger partial charge in [0.15, 0.2) is 0 Å². The summed E-state index contributed by atoms with van der Waals surface area (Å²) in [5.41, 5.74) is 0.694. The molecule has 1 fully saturated rings. The van der Waals surface area contributed by atoms with Crippen molar-refractivity contribution in [1.29, 1.82) is 0 Å². The van der Waals surface area contributed by atoms with Crippen LogP contribution in [0.25, 0.3) is 0 Å². The lowest BCUT2D eigenvalue weighted by atomic mass is 10.1. The maximum atomic E-state index is 13.1. The predicted molar refractivity (Wildman–Crippen MR) is 114 cm³/mol. The van der Waals surface area contributed by atoms with Crippen molar-refractivity contribution in [3.05, 3.63) is 64.1 Å². The number of nitrogens with zero attached hydrogens (tertiary/aromatic N) is 1. The van der Waals surface area contributed by atoms with Gasteiger partial charge in [-0.05, 0) is 23.8 Å². The number of carbonyl (C=O) groups excluding carboxylic acids is 1. The molecule has 0 spiro atoms. The van der Waals surface area contributed by atoms with Crippen molar-refractivity contribution in [3.63, 3.8) is 0 Å². The number of β-amino-alcohol motifs (C(OH)–C–C–N with tert-alkyl or cyclic N) is 1. The summed E-state index contributed by atoms with van der Waals surface area (Å²) in [6.07, 6.45) is -1.23. The number of benzene rings is 2. The van der Waals surface area contributed by atoms with Gasteiger partial charge in [0.2, 0.25) is 15.9 Å². The minimum absolute atomic E-state index is 0.0217. The van der Waals surface area contributed by atoms with E-state index in [0.29, 0.717) is 5.56 Å². The quantitative estimate of drug-likeness (QED) is 0.549. The van der Waals surface area contributed by atoms with E-state index < -0.39 is 40.1 Å². The number of carboxylic acids is 1. The normalized spacial score (nSPS) is 20.4. The molecule has 3 N–H and O–H groups in total. The largest absolute Gasteiger partial charge is 0.480 e. The lowest BCUT2D eigenvalue weighted by molar-refractivity contribution is -0.142. The summed E-state index contributed by atoms with van der Waals surface area (Å²) in [7, 11) is -4.23. The highest BCUT2D eigenvalue weighted by molar-refractivity contribution is 7.89. The number of amides is 1. The Labute approximate surface area is 189 Å². The lowest BCUT2D eigenvalue weighted by Crippen LogP contribution is -2.51. The van der Waals surface area contributed by atoms with E-state index in [4.69, 9.17) is 23.2 Å². The van der Waals surface area contributed by atoms with Crippen LogP contribution in [0.1, 0.15) is 12.0 Å². The van der Waals surface area contributed by atoms with Crippen molar-refractivity contribution < 1.29 is 28.2 Å². The molecule has 2 aromatic carbocycles. The number of hydrogen-bond acceptors (Lipinski definition) is 5. The Kier molecular flexibility index (Phi) is 7.23. The molecule has 166 valence electrons. The summed E-state index contributed by atoms with van der Waals surface area (Å²) >= 11 is 11.8. The zero-order valence-corrected chi connectivity index (χ0v) is 18.4. The molecule has 3 rings (SSSR count). The van der Waals surface area contributed by atoms with Crippen molar-refractivity contribution in [2.45, 2.75) is 35.9 Å².